The van der Waals surface area contributed by atoms with Crippen molar-refractivity contribution < 1.29 is 24.0 Å². The van der Waals surface area contributed by atoms with Crippen LogP contribution < -0.4 is 39.9 Å². The highest BCUT2D eigenvalue weighted by Crippen LogP contribution is 2.55. The minimum atomic E-state index is -1.65. The van der Waals surface area contributed by atoms with Gasteiger partial charge in [0.2, 0.25) is 0 Å². The Kier molecular flexibility index (Phi) is 10.5. The summed E-state index contributed by atoms with van der Waals surface area (Å²) in [5, 5.41) is 4.46. The Morgan fingerprint density at radius 1 is 0.552 bits per heavy atom. The molecule has 0 heterocycles. The lowest BCUT2D eigenvalue weighted by Crippen LogP contribution is -3.00. The molecule has 0 saturated heterocycles. The first-order chi connectivity index (χ1) is 13.9. The van der Waals surface area contributed by atoms with Gasteiger partial charge in [-0.2, -0.15) is 0 Å². The standard InChI is InChI=1S/C27H30P.HI/c1-2-3-4-5-6-7-17-24-28(25-18-11-8-12-19-25,26-20-13-9-14-21-26)27-22-15-10-16-23-27;/h1,8-16,18-23H,3-7,17,24H2;1H/q+1;/p-1. The van der Waals surface area contributed by atoms with E-state index < -0.39 is 7.26 Å². The Hall–Kier alpha value is -1.62. The normalized spacial score (nSPS) is 10.7. The van der Waals surface area contributed by atoms with E-state index in [0.29, 0.717) is 0 Å². The van der Waals surface area contributed by atoms with E-state index in [9.17, 15) is 0 Å². The molecule has 0 aliphatic rings. The first-order valence-corrected chi connectivity index (χ1v) is 12.3. The highest BCUT2D eigenvalue weighted by Gasteiger charge is 2.44. The predicted molar refractivity (Wildman–Crippen MR) is 127 cm³/mol. The van der Waals surface area contributed by atoms with E-state index in [1.807, 2.05) is 0 Å². The number of halogens is 1. The lowest BCUT2D eigenvalue weighted by molar-refractivity contribution is -0.00000554. The average molecular weight is 512 g/mol. The van der Waals surface area contributed by atoms with Gasteiger partial charge in [-0.1, -0.05) is 67.4 Å². The van der Waals surface area contributed by atoms with Gasteiger partial charge in [0.25, 0.3) is 0 Å². The predicted octanol–water partition coefficient (Wildman–Crippen LogP) is 2.96. The fourth-order valence-corrected chi connectivity index (χ4v) is 8.40. The summed E-state index contributed by atoms with van der Waals surface area (Å²) in [6, 6.07) is 33.5. The SMILES string of the molecule is C#CCCCCCCC[P+](c1ccccc1)(c1ccccc1)c1ccccc1.[I-]. The van der Waals surface area contributed by atoms with E-state index in [4.69, 9.17) is 6.42 Å². The van der Waals surface area contributed by atoms with Crippen LogP contribution in [0.4, 0.5) is 0 Å². The second kappa shape index (κ2) is 12.8. The number of rotatable bonds is 10. The fraction of sp³-hybridized carbons (Fsp3) is 0.259. The molecule has 0 nitrogen and oxygen atoms in total. The maximum absolute atomic E-state index is 5.37. The first kappa shape index (κ1) is 23.7. The lowest BCUT2D eigenvalue weighted by atomic mass is 10.1. The summed E-state index contributed by atoms with van der Waals surface area (Å²) < 4.78 is 0. The van der Waals surface area contributed by atoms with Gasteiger partial charge in [-0.05, 0) is 55.7 Å². The van der Waals surface area contributed by atoms with Gasteiger partial charge in [-0.3, -0.25) is 0 Å². The summed E-state index contributed by atoms with van der Waals surface area (Å²) in [5.74, 6) is 2.75. The van der Waals surface area contributed by atoms with Crippen LogP contribution in [0.5, 0.6) is 0 Å². The topological polar surface area (TPSA) is 0 Å². The Labute approximate surface area is 194 Å². The molecule has 3 aromatic carbocycles. The lowest BCUT2D eigenvalue weighted by Gasteiger charge is -2.27. The third-order valence-electron chi connectivity index (χ3n) is 5.41. The molecule has 0 radical (unpaired) electrons. The molecule has 0 atom stereocenters. The summed E-state index contributed by atoms with van der Waals surface area (Å²) in [7, 11) is -1.65. The third-order valence-corrected chi connectivity index (χ3v) is 9.93. The van der Waals surface area contributed by atoms with Gasteiger partial charge in [-0.25, -0.2) is 0 Å². The number of unbranched alkanes of at least 4 members (excludes halogenated alkanes) is 5. The van der Waals surface area contributed by atoms with Crippen molar-refractivity contribution in [3.05, 3.63) is 91.0 Å². The molecule has 0 N–H and O–H groups in total. The summed E-state index contributed by atoms with van der Waals surface area (Å²) in [6.45, 7) is 0. The number of terminal acetylenes is 1. The zero-order valence-electron chi connectivity index (χ0n) is 17.0. The molecule has 0 unspecified atom stereocenters. The molecule has 0 spiro atoms. The first-order valence-electron chi connectivity index (χ1n) is 10.4. The molecule has 2 heteroatoms. The summed E-state index contributed by atoms with van der Waals surface area (Å²) >= 11 is 0. The highest BCUT2D eigenvalue weighted by atomic mass is 127. The maximum Gasteiger partial charge on any atom is 0.112 e. The van der Waals surface area contributed by atoms with E-state index in [0.717, 1.165) is 12.8 Å². The van der Waals surface area contributed by atoms with E-state index in [-0.39, 0.29) is 24.0 Å². The smallest absolute Gasteiger partial charge is 0.112 e. The van der Waals surface area contributed by atoms with E-state index in [1.54, 1.807) is 0 Å². The molecule has 0 saturated carbocycles. The highest BCUT2D eigenvalue weighted by molar-refractivity contribution is 7.95. The largest absolute Gasteiger partial charge is 1.00 e. The van der Waals surface area contributed by atoms with Crippen molar-refractivity contribution in [2.24, 2.45) is 0 Å². The van der Waals surface area contributed by atoms with Crippen LogP contribution in [-0.2, 0) is 0 Å². The Morgan fingerprint density at radius 3 is 1.34 bits per heavy atom. The number of hydrogen-bond acceptors (Lipinski definition) is 0. The van der Waals surface area contributed by atoms with Gasteiger partial charge >= 0.3 is 0 Å². The van der Waals surface area contributed by atoms with E-state index >= 15 is 0 Å². The van der Waals surface area contributed by atoms with Crippen LogP contribution in [0.2, 0.25) is 0 Å². The van der Waals surface area contributed by atoms with Gasteiger partial charge in [0.05, 0.1) is 6.16 Å². The van der Waals surface area contributed by atoms with Crippen molar-refractivity contribution in [2.45, 2.75) is 38.5 Å². The van der Waals surface area contributed by atoms with Crippen LogP contribution in [-0.4, -0.2) is 6.16 Å². The van der Waals surface area contributed by atoms with Gasteiger partial charge in [0, 0.05) is 6.42 Å². The molecule has 0 bridgehead atoms. The van der Waals surface area contributed by atoms with Crippen LogP contribution in [0.1, 0.15) is 38.5 Å². The van der Waals surface area contributed by atoms with Crippen LogP contribution in [0, 0.1) is 12.3 Å². The van der Waals surface area contributed by atoms with Crippen LogP contribution in [0.3, 0.4) is 0 Å². The fourth-order valence-electron chi connectivity index (χ4n) is 3.99. The van der Waals surface area contributed by atoms with Crippen LogP contribution in [0.15, 0.2) is 91.0 Å². The van der Waals surface area contributed by atoms with Crippen molar-refractivity contribution in [2.75, 3.05) is 6.16 Å². The quantitative estimate of drug-likeness (QED) is 0.170. The van der Waals surface area contributed by atoms with Gasteiger partial charge < -0.3 is 24.0 Å². The summed E-state index contributed by atoms with van der Waals surface area (Å²) in [4.78, 5) is 0. The molecule has 29 heavy (non-hydrogen) atoms. The minimum Gasteiger partial charge on any atom is -1.00 e. The second-order valence-electron chi connectivity index (χ2n) is 7.26. The van der Waals surface area contributed by atoms with Crippen molar-refractivity contribution in [3.8, 4) is 12.3 Å². The monoisotopic (exact) mass is 512 g/mol. The number of hydrogen-bond donors (Lipinski definition) is 0. The van der Waals surface area contributed by atoms with Gasteiger partial charge in [0.1, 0.15) is 23.2 Å². The Morgan fingerprint density at radius 2 is 0.931 bits per heavy atom. The molecule has 0 aliphatic carbocycles. The van der Waals surface area contributed by atoms with Crippen molar-refractivity contribution >= 4 is 23.2 Å². The van der Waals surface area contributed by atoms with E-state index in [2.05, 4.69) is 96.9 Å². The van der Waals surface area contributed by atoms with Crippen molar-refractivity contribution in [1.82, 2.24) is 0 Å². The third kappa shape index (κ3) is 6.18. The molecule has 3 aromatic rings. The number of benzene rings is 3. The van der Waals surface area contributed by atoms with Gasteiger partial charge in [0.15, 0.2) is 0 Å². The molecule has 0 amide bonds. The molecule has 0 aliphatic heterocycles. The average Bonchev–Trinajstić information content (AvgIpc) is 2.78. The summed E-state index contributed by atoms with van der Waals surface area (Å²) in [5.41, 5.74) is 0. The molecule has 0 fully saturated rings. The molecular weight excluding hydrogens is 482 g/mol. The Balaban J connectivity index is 0.00000300. The Bertz CT molecular complexity index is 757. The van der Waals surface area contributed by atoms with Crippen LogP contribution in [0.25, 0.3) is 0 Å². The molecule has 3 rings (SSSR count). The van der Waals surface area contributed by atoms with Crippen molar-refractivity contribution in [1.29, 1.82) is 0 Å². The maximum atomic E-state index is 5.37. The zero-order chi connectivity index (χ0) is 19.5. The van der Waals surface area contributed by atoms with Crippen molar-refractivity contribution in [3.63, 3.8) is 0 Å². The summed E-state index contributed by atoms with van der Waals surface area (Å²) in [6.07, 6.45) is 13.7. The van der Waals surface area contributed by atoms with Gasteiger partial charge in [-0.15, -0.1) is 12.3 Å². The van der Waals surface area contributed by atoms with E-state index in [1.165, 1.54) is 47.8 Å². The zero-order valence-corrected chi connectivity index (χ0v) is 20.1. The molecule has 150 valence electrons. The second-order valence-corrected chi connectivity index (χ2v) is 10.9. The van der Waals surface area contributed by atoms with Crippen LogP contribution >= 0.6 is 7.26 Å². The molecular formula is C27H30IP. The molecule has 0 aromatic heterocycles. The minimum absolute atomic E-state index is 0.